The molecule has 4 aromatic rings. The van der Waals surface area contributed by atoms with Crippen LogP contribution in [0.5, 0.6) is 0 Å². The molecule has 0 aliphatic carbocycles. The van der Waals surface area contributed by atoms with Crippen LogP contribution in [0.2, 0.25) is 0 Å². The average molecular weight is 624 g/mol. The number of carbonyl (C=O) groups excluding carboxylic acids is 2. The van der Waals surface area contributed by atoms with Crippen molar-refractivity contribution in [2.24, 2.45) is 0 Å². The van der Waals surface area contributed by atoms with Crippen molar-refractivity contribution in [1.82, 2.24) is 29.8 Å². The van der Waals surface area contributed by atoms with Gasteiger partial charge in [0.2, 0.25) is 0 Å². The molecule has 1 aromatic carbocycles. The number of halogens is 6. The number of anilines is 1. The van der Waals surface area contributed by atoms with E-state index in [0.29, 0.717) is 10.7 Å². The molecular weight excluding hydrogens is 605 g/mol. The van der Waals surface area contributed by atoms with Crippen molar-refractivity contribution in [3.63, 3.8) is 0 Å². The minimum absolute atomic E-state index is 0.0923. The molecule has 15 heteroatoms. The van der Waals surface area contributed by atoms with E-state index in [1.807, 2.05) is 0 Å². The van der Waals surface area contributed by atoms with Gasteiger partial charge in [-0.2, -0.15) is 18.3 Å². The number of nitrogens with zero attached hydrogens (tertiary/aromatic N) is 5. The van der Waals surface area contributed by atoms with E-state index in [-0.39, 0.29) is 41.2 Å². The first-order valence-corrected chi connectivity index (χ1v) is 12.5. The highest BCUT2D eigenvalue weighted by Crippen LogP contribution is 2.39. The van der Waals surface area contributed by atoms with Crippen LogP contribution in [0.15, 0.2) is 47.3 Å². The van der Waals surface area contributed by atoms with E-state index in [9.17, 15) is 27.2 Å². The molecule has 1 saturated heterocycles. The maximum atomic E-state index is 15.1. The molecule has 0 saturated carbocycles. The van der Waals surface area contributed by atoms with Gasteiger partial charge in [-0.25, -0.2) is 23.3 Å². The molecular formula is C25H19BrF5N7O2. The number of fused-ring (bicyclic) bond motifs is 1. The Kier molecular flexibility index (Phi) is 6.94. The lowest BCUT2D eigenvalue weighted by molar-refractivity contribution is -0.136. The van der Waals surface area contributed by atoms with Crippen LogP contribution in [0, 0.1) is 12.7 Å². The van der Waals surface area contributed by atoms with Crippen molar-refractivity contribution in [3.8, 4) is 11.3 Å². The maximum Gasteiger partial charge on any atom is 0.418 e. The number of hydrogen-bond acceptors (Lipinski definition) is 6. The summed E-state index contributed by atoms with van der Waals surface area (Å²) in [5.41, 5.74) is 3.40. The molecule has 5 rings (SSSR count). The molecule has 9 nitrogen and oxygen atoms in total. The van der Waals surface area contributed by atoms with Gasteiger partial charge >= 0.3 is 6.18 Å². The Labute approximate surface area is 231 Å². The summed E-state index contributed by atoms with van der Waals surface area (Å²) in [6.07, 6.45) is -5.54. The molecule has 3 aromatic heterocycles. The highest BCUT2D eigenvalue weighted by Gasteiger charge is 2.39. The van der Waals surface area contributed by atoms with Gasteiger partial charge in [0.1, 0.15) is 34.1 Å². The largest absolute Gasteiger partial charge is 0.418 e. The number of nitrogens with two attached hydrogens (primary N) is 1. The average Bonchev–Trinajstić information content (AvgIpc) is 3.45. The van der Waals surface area contributed by atoms with Gasteiger partial charge in [0.05, 0.1) is 23.8 Å². The zero-order valence-electron chi connectivity index (χ0n) is 20.5. The van der Waals surface area contributed by atoms with Crippen LogP contribution in [-0.4, -0.2) is 61.6 Å². The Hall–Kier alpha value is -4.14. The molecule has 0 radical (unpaired) electrons. The minimum atomic E-state index is -4.85. The van der Waals surface area contributed by atoms with Crippen LogP contribution in [-0.2, 0) is 6.18 Å². The lowest BCUT2D eigenvalue weighted by Gasteiger charge is -2.17. The SMILES string of the molecule is Cc1cc(F)c(-c2cc(C(F)(F)F)c3c(N)ncnn23)cc1C(=O)N[C@@H]1CN(C(=O)c2cccc(Br)n2)C[C@@H]1F. The number of aromatic nitrogens is 4. The van der Waals surface area contributed by atoms with Crippen molar-refractivity contribution in [2.75, 3.05) is 18.8 Å². The predicted octanol–water partition coefficient (Wildman–Crippen LogP) is 4.19. The molecule has 4 heterocycles. The second kappa shape index (κ2) is 10.1. The van der Waals surface area contributed by atoms with Gasteiger partial charge in [0.25, 0.3) is 11.8 Å². The highest BCUT2D eigenvalue weighted by atomic mass is 79.9. The third kappa shape index (κ3) is 4.96. The van der Waals surface area contributed by atoms with Crippen LogP contribution < -0.4 is 11.1 Å². The van der Waals surface area contributed by atoms with Gasteiger partial charge < -0.3 is 16.0 Å². The van der Waals surface area contributed by atoms with Gasteiger partial charge in [-0.15, -0.1) is 0 Å². The first-order chi connectivity index (χ1) is 18.8. The first-order valence-electron chi connectivity index (χ1n) is 11.7. The lowest BCUT2D eigenvalue weighted by atomic mass is 10.0. The second-order valence-corrected chi connectivity index (χ2v) is 9.96. The van der Waals surface area contributed by atoms with Crippen molar-refractivity contribution >= 4 is 39.1 Å². The summed E-state index contributed by atoms with van der Waals surface area (Å²) in [4.78, 5) is 34.8. The van der Waals surface area contributed by atoms with Crippen LogP contribution in [0.3, 0.4) is 0 Å². The first kappa shape index (κ1) is 27.4. The summed E-state index contributed by atoms with van der Waals surface area (Å²) in [6, 6.07) is 6.34. The van der Waals surface area contributed by atoms with Crippen molar-refractivity contribution in [3.05, 3.63) is 75.5 Å². The highest BCUT2D eigenvalue weighted by molar-refractivity contribution is 9.10. The molecule has 0 spiro atoms. The van der Waals surface area contributed by atoms with Crippen LogP contribution in [0.4, 0.5) is 27.8 Å². The summed E-state index contributed by atoms with van der Waals surface area (Å²) < 4.78 is 72.4. The number of pyridine rings is 1. The number of benzene rings is 1. The van der Waals surface area contributed by atoms with Gasteiger partial charge in [-0.05, 0) is 58.7 Å². The Morgan fingerprint density at radius 3 is 2.62 bits per heavy atom. The number of hydrogen-bond donors (Lipinski definition) is 2. The van der Waals surface area contributed by atoms with E-state index < -0.39 is 52.9 Å². The summed E-state index contributed by atoms with van der Waals surface area (Å²) in [5.74, 6) is -2.71. The minimum Gasteiger partial charge on any atom is -0.382 e. The molecule has 1 aliphatic heterocycles. The summed E-state index contributed by atoms with van der Waals surface area (Å²) in [5, 5.41) is 6.32. The zero-order valence-corrected chi connectivity index (χ0v) is 22.1. The fourth-order valence-electron chi connectivity index (χ4n) is 4.59. The summed E-state index contributed by atoms with van der Waals surface area (Å²) in [6.45, 7) is 0.986. The Bertz CT molecular complexity index is 1660. The molecule has 2 atom stereocenters. The summed E-state index contributed by atoms with van der Waals surface area (Å²) >= 11 is 3.17. The molecule has 1 fully saturated rings. The number of aryl methyl sites for hydroxylation is 1. The Balaban J connectivity index is 1.44. The lowest BCUT2D eigenvalue weighted by Crippen LogP contribution is -2.42. The van der Waals surface area contributed by atoms with E-state index in [4.69, 9.17) is 5.73 Å². The Morgan fingerprint density at radius 1 is 1.18 bits per heavy atom. The standard InChI is InChI=1S/C25H19BrF5N7O2/c1-11-5-15(27)13(19-7-14(25(29,30)31)21-22(32)33-10-34-38(19)21)6-12(11)23(39)36-18-9-37(8-16(18)28)24(40)17-3-2-4-20(26)35-17/h2-7,10,16,18H,8-9H2,1H3,(H,36,39)(H2,32,33,34)/t16-,18+/m0/s1. The number of likely N-dealkylation sites (tertiary alicyclic amines) is 1. The molecule has 1 aliphatic rings. The number of rotatable bonds is 4. The molecule has 0 unspecified atom stereocenters. The number of nitrogen functional groups attached to an aromatic ring is 1. The number of alkyl halides is 4. The molecule has 40 heavy (non-hydrogen) atoms. The van der Waals surface area contributed by atoms with Gasteiger partial charge in [-0.1, -0.05) is 6.07 Å². The van der Waals surface area contributed by atoms with E-state index in [2.05, 4.69) is 36.3 Å². The van der Waals surface area contributed by atoms with Crippen molar-refractivity contribution in [2.45, 2.75) is 25.3 Å². The zero-order chi connectivity index (χ0) is 28.9. The van der Waals surface area contributed by atoms with E-state index in [1.165, 1.54) is 17.9 Å². The third-order valence-electron chi connectivity index (χ3n) is 6.51. The molecule has 3 N–H and O–H groups in total. The number of nitrogens with one attached hydrogen (secondary N) is 1. The Morgan fingerprint density at radius 2 is 1.93 bits per heavy atom. The topological polar surface area (TPSA) is 119 Å². The molecule has 208 valence electrons. The van der Waals surface area contributed by atoms with Gasteiger partial charge in [0, 0.05) is 17.7 Å². The maximum absolute atomic E-state index is 15.1. The number of amides is 2. The monoisotopic (exact) mass is 623 g/mol. The third-order valence-corrected chi connectivity index (χ3v) is 6.95. The van der Waals surface area contributed by atoms with Crippen molar-refractivity contribution in [1.29, 1.82) is 0 Å². The fourth-order valence-corrected chi connectivity index (χ4v) is 4.93. The smallest absolute Gasteiger partial charge is 0.382 e. The summed E-state index contributed by atoms with van der Waals surface area (Å²) in [7, 11) is 0. The van der Waals surface area contributed by atoms with Crippen LogP contribution in [0.1, 0.15) is 32.0 Å². The number of carbonyl (C=O) groups is 2. The van der Waals surface area contributed by atoms with Crippen LogP contribution in [0.25, 0.3) is 16.8 Å². The van der Waals surface area contributed by atoms with E-state index in [0.717, 1.165) is 23.0 Å². The molecule has 0 bridgehead atoms. The quantitative estimate of drug-likeness (QED) is 0.260. The van der Waals surface area contributed by atoms with Gasteiger partial charge in [-0.3, -0.25) is 9.59 Å². The van der Waals surface area contributed by atoms with Gasteiger partial charge in [0.15, 0.2) is 5.82 Å². The van der Waals surface area contributed by atoms with Crippen LogP contribution >= 0.6 is 15.9 Å². The fraction of sp³-hybridized carbons (Fsp3) is 0.240. The molecule has 2 amide bonds. The predicted molar refractivity (Wildman–Crippen MR) is 137 cm³/mol. The van der Waals surface area contributed by atoms with E-state index >= 15 is 4.39 Å². The second-order valence-electron chi connectivity index (χ2n) is 9.15. The van der Waals surface area contributed by atoms with Crippen molar-refractivity contribution < 1.29 is 31.5 Å². The van der Waals surface area contributed by atoms with E-state index in [1.54, 1.807) is 12.1 Å². The normalized spacial score (nSPS) is 17.4.